The molecule has 0 saturated heterocycles. The van der Waals surface area contributed by atoms with Crippen LogP contribution >= 0.6 is 0 Å². The van der Waals surface area contributed by atoms with Crippen LogP contribution in [0.3, 0.4) is 0 Å². The topological polar surface area (TPSA) is 81.2 Å². The van der Waals surface area contributed by atoms with Gasteiger partial charge in [0.1, 0.15) is 23.5 Å². The van der Waals surface area contributed by atoms with Crippen LogP contribution in [0.4, 0.5) is 5.82 Å². The first-order valence-electron chi connectivity index (χ1n) is 6.56. The largest absolute Gasteiger partial charge is 0.490 e. The Kier molecular flexibility index (Phi) is 3.29. The quantitative estimate of drug-likeness (QED) is 0.936. The van der Waals surface area contributed by atoms with Gasteiger partial charge in [-0.2, -0.15) is 0 Å². The van der Waals surface area contributed by atoms with Crippen molar-refractivity contribution in [3.8, 4) is 5.75 Å². The van der Waals surface area contributed by atoms with E-state index in [1.165, 1.54) is 18.3 Å². The Morgan fingerprint density at radius 3 is 2.90 bits per heavy atom. The van der Waals surface area contributed by atoms with Crippen molar-refractivity contribution in [1.82, 2.24) is 9.97 Å². The van der Waals surface area contributed by atoms with Crippen molar-refractivity contribution in [1.29, 1.82) is 0 Å². The van der Waals surface area contributed by atoms with Crippen LogP contribution in [0.25, 0.3) is 0 Å². The van der Waals surface area contributed by atoms with Crippen LogP contribution in [-0.2, 0) is 16.4 Å². The van der Waals surface area contributed by atoms with Gasteiger partial charge in [0.05, 0.1) is 4.90 Å². The Bertz CT molecular complexity index is 790. The molecule has 3 rings (SSSR count). The Labute approximate surface area is 123 Å². The molecule has 21 heavy (non-hydrogen) atoms. The van der Waals surface area contributed by atoms with Crippen LogP contribution in [0.2, 0.25) is 0 Å². The van der Waals surface area contributed by atoms with Gasteiger partial charge in [0.25, 0.3) is 10.0 Å². The number of fused-ring (bicyclic) bond motifs is 1. The molecule has 2 heterocycles. The molecule has 1 atom stereocenters. The maximum absolute atomic E-state index is 12.4. The standard InChI is InChI=1S/C14H15N3O3S/c1-9-7-11-8-12(3-4-13(11)20-9)21(18,19)17-14-5-6-15-10(2)16-14/h3-6,8-9H,7H2,1-2H3,(H,15,16,17). The molecule has 0 radical (unpaired) electrons. The Morgan fingerprint density at radius 1 is 1.33 bits per heavy atom. The van der Waals surface area contributed by atoms with E-state index in [0.717, 1.165) is 11.3 Å². The van der Waals surface area contributed by atoms with E-state index in [1.807, 2.05) is 6.92 Å². The molecule has 2 aromatic rings. The Hall–Kier alpha value is -2.15. The van der Waals surface area contributed by atoms with Crippen molar-refractivity contribution in [3.05, 3.63) is 41.9 Å². The Balaban J connectivity index is 1.91. The number of hydrogen-bond donors (Lipinski definition) is 1. The summed E-state index contributed by atoms with van der Waals surface area (Å²) in [6, 6.07) is 6.39. The highest BCUT2D eigenvalue weighted by molar-refractivity contribution is 7.92. The van der Waals surface area contributed by atoms with Crippen LogP contribution in [-0.4, -0.2) is 24.5 Å². The molecule has 0 fully saturated rings. The molecule has 6 nitrogen and oxygen atoms in total. The summed E-state index contributed by atoms with van der Waals surface area (Å²) in [7, 11) is -3.66. The minimum Gasteiger partial charge on any atom is -0.490 e. The molecular formula is C14H15N3O3S. The van der Waals surface area contributed by atoms with Crippen LogP contribution in [0, 0.1) is 6.92 Å². The van der Waals surface area contributed by atoms with Gasteiger partial charge in [-0.3, -0.25) is 4.72 Å². The van der Waals surface area contributed by atoms with E-state index in [9.17, 15) is 8.42 Å². The van der Waals surface area contributed by atoms with Gasteiger partial charge in [0, 0.05) is 12.6 Å². The SMILES string of the molecule is Cc1nccc(NS(=O)(=O)c2ccc3c(c2)CC(C)O3)n1. The lowest BCUT2D eigenvalue weighted by molar-refractivity contribution is 0.254. The van der Waals surface area contributed by atoms with Gasteiger partial charge in [0.2, 0.25) is 0 Å². The average molecular weight is 305 g/mol. The zero-order chi connectivity index (χ0) is 15.0. The molecule has 0 aliphatic carbocycles. The number of hydrogen-bond acceptors (Lipinski definition) is 5. The minimum absolute atomic E-state index is 0.0791. The lowest BCUT2D eigenvalue weighted by Gasteiger charge is -2.08. The second kappa shape index (κ2) is 5.00. The molecule has 1 aromatic heterocycles. The molecule has 1 unspecified atom stereocenters. The average Bonchev–Trinajstić information content (AvgIpc) is 2.77. The summed E-state index contributed by atoms with van der Waals surface area (Å²) in [5.74, 6) is 1.51. The van der Waals surface area contributed by atoms with Gasteiger partial charge < -0.3 is 4.74 Å². The minimum atomic E-state index is -3.66. The summed E-state index contributed by atoms with van der Waals surface area (Å²) in [6.07, 6.45) is 2.31. The predicted molar refractivity (Wildman–Crippen MR) is 77.8 cm³/mol. The lowest BCUT2D eigenvalue weighted by Crippen LogP contribution is -2.14. The third-order valence-corrected chi connectivity index (χ3v) is 4.55. The van der Waals surface area contributed by atoms with Gasteiger partial charge in [0.15, 0.2) is 0 Å². The molecule has 7 heteroatoms. The third-order valence-electron chi connectivity index (χ3n) is 3.19. The van der Waals surface area contributed by atoms with E-state index >= 15 is 0 Å². The summed E-state index contributed by atoms with van der Waals surface area (Å²) in [5.41, 5.74) is 0.907. The van der Waals surface area contributed by atoms with Crippen molar-refractivity contribution in [2.24, 2.45) is 0 Å². The number of sulfonamides is 1. The van der Waals surface area contributed by atoms with Crippen molar-refractivity contribution >= 4 is 15.8 Å². The van der Waals surface area contributed by atoms with E-state index in [1.54, 1.807) is 19.1 Å². The number of nitrogens with zero attached hydrogens (tertiary/aromatic N) is 2. The van der Waals surface area contributed by atoms with Crippen LogP contribution in [0.5, 0.6) is 5.75 Å². The molecule has 0 spiro atoms. The third kappa shape index (κ3) is 2.82. The summed E-state index contributed by atoms with van der Waals surface area (Å²) in [5, 5.41) is 0. The number of anilines is 1. The van der Waals surface area contributed by atoms with Gasteiger partial charge in [-0.15, -0.1) is 0 Å². The van der Waals surface area contributed by atoms with Gasteiger partial charge >= 0.3 is 0 Å². The zero-order valence-corrected chi connectivity index (χ0v) is 12.5. The van der Waals surface area contributed by atoms with E-state index in [2.05, 4.69) is 14.7 Å². The highest BCUT2D eigenvalue weighted by atomic mass is 32.2. The molecule has 1 aliphatic heterocycles. The van der Waals surface area contributed by atoms with E-state index < -0.39 is 10.0 Å². The molecule has 0 saturated carbocycles. The monoisotopic (exact) mass is 305 g/mol. The molecule has 1 aliphatic rings. The van der Waals surface area contributed by atoms with Gasteiger partial charge in [-0.25, -0.2) is 18.4 Å². The predicted octanol–water partition coefficient (Wildman–Crippen LogP) is 1.91. The number of nitrogens with one attached hydrogen (secondary N) is 1. The highest BCUT2D eigenvalue weighted by Crippen LogP contribution is 2.31. The lowest BCUT2D eigenvalue weighted by atomic mass is 10.1. The van der Waals surface area contributed by atoms with E-state index in [-0.39, 0.29) is 16.8 Å². The summed E-state index contributed by atoms with van der Waals surface area (Å²) >= 11 is 0. The Morgan fingerprint density at radius 2 is 2.14 bits per heavy atom. The second-order valence-electron chi connectivity index (χ2n) is 5.00. The first-order chi connectivity index (χ1) is 9.94. The smallest absolute Gasteiger partial charge is 0.263 e. The van der Waals surface area contributed by atoms with Crippen LogP contribution in [0.15, 0.2) is 35.4 Å². The molecule has 1 N–H and O–H groups in total. The number of rotatable bonds is 3. The molecule has 1 aromatic carbocycles. The molecule has 0 bridgehead atoms. The van der Waals surface area contributed by atoms with Gasteiger partial charge in [-0.1, -0.05) is 0 Å². The van der Waals surface area contributed by atoms with Crippen molar-refractivity contribution < 1.29 is 13.2 Å². The maximum Gasteiger partial charge on any atom is 0.263 e. The highest BCUT2D eigenvalue weighted by Gasteiger charge is 2.23. The summed E-state index contributed by atoms with van der Waals surface area (Å²) < 4.78 is 32.8. The zero-order valence-electron chi connectivity index (χ0n) is 11.7. The maximum atomic E-state index is 12.4. The van der Waals surface area contributed by atoms with Crippen LogP contribution < -0.4 is 9.46 Å². The summed E-state index contributed by atoms with van der Waals surface area (Å²) in [4.78, 5) is 8.18. The fraction of sp³-hybridized carbons (Fsp3) is 0.286. The first kappa shape index (κ1) is 13.8. The number of benzene rings is 1. The fourth-order valence-electron chi connectivity index (χ4n) is 2.28. The molecular weight excluding hydrogens is 290 g/mol. The van der Waals surface area contributed by atoms with E-state index in [4.69, 9.17) is 4.74 Å². The normalized spacial score (nSPS) is 17.1. The number of aromatic nitrogens is 2. The van der Waals surface area contributed by atoms with Crippen molar-refractivity contribution in [2.75, 3.05) is 4.72 Å². The first-order valence-corrected chi connectivity index (χ1v) is 8.04. The van der Waals surface area contributed by atoms with Crippen molar-refractivity contribution in [3.63, 3.8) is 0 Å². The number of ether oxygens (including phenoxy) is 1. The second-order valence-corrected chi connectivity index (χ2v) is 6.68. The van der Waals surface area contributed by atoms with Crippen molar-refractivity contribution in [2.45, 2.75) is 31.3 Å². The molecule has 0 amide bonds. The van der Waals surface area contributed by atoms with E-state index in [0.29, 0.717) is 12.2 Å². The molecule has 110 valence electrons. The number of aryl methyl sites for hydroxylation is 1. The fourth-order valence-corrected chi connectivity index (χ4v) is 3.33. The van der Waals surface area contributed by atoms with Crippen LogP contribution in [0.1, 0.15) is 18.3 Å². The van der Waals surface area contributed by atoms with Gasteiger partial charge in [-0.05, 0) is 43.7 Å². The summed E-state index contributed by atoms with van der Waals surface area (Å²) in [6.45, 7) is 3.65.